The van der Waals surface area contributed by atoms with Gasteiger partial charge in [-0.2, -0.15) is 39.5 Å². The van der Waals surface area contributed by atoms with E-state index in [-0.39, 0.29) is 17.1 Å². The minimum absolute atomic E-state index is 0.265. The van der Waals surface area contributed by atoms with E-state index in [0.29, 0.717) is 45.8 Å². The quantitative estimate of drug-likeness (QED) is 0.0642. The number of carbonyl (C=O) groups is 3. The molecule has 2 saturated carbocycles. The van der Waals surface area contributed by atoms with Crippen LogP contribution in [-0.4, -0.2) is 48.0 Å². The molecule has 9 N–H and O–H groups in total. The first-order chi connectivity index (χ1) is 41.7. The molecular formula is C63H61F9N12O3. The Kier molecular flexibility index (Phi) is 18.5. The number of urea groups is 3. The molecule has 6 amide bonds. The van der Waals surface area contributed by atoms with Gasteiger partial charge in [-0.15, -0.1) is 0 Å². The van der Waals surface area contributed by atoms with E-state index in [1.165, 1.54) is 98.0 Å². The first-order valence-corrected chi connectivity index (χ1v) is 28.6. The lowest BCUT2D eigenvalue weighted by molar-refractivity contribution is -0.138. The van der Waals surface area contributed by atoms with Crippen molar-refractivity contribution in [2.24, 2.45) is 0 Å². The molecule has 24 heteroatoms. The second-order valence-corrected chi connectivity index (χ2v) is 21.7. The summed E-state index contributed by atoms with van der Waals surface area (Å²) < 4.78 is 114. The number of nitrogens with one attached hydrogen (secondary N) is 9. The molecule has 3 aromatic carbocycles. The summed E-state index contributed by atoms with van der Waals surface area (Å²) in [6.07, 6.45) is 16.0. The summed E-state index contributed by atoms with van der Waals surface area (Å²) in [6, 6.07) is 17.4. The molecule has 9 aromatic rings. The van der Waals surface area contributed by atoms with Crippen LogP contribution in [0, 0.1) is 0 Å². The maximum atomic E-state index is 12.6. The van der Waals surface area contributed by atoms with E-state index in [0.717, 1.165) is 103 Å². The van der Waals surface area contributed by atoms with Gasteiger partial charge in [-0.1, -0.05) is 44.6 Å². The highest BCUT2D eigenvalue weighted by molar-refractivity contribution is 6.07. The number of pyridine rings is 3. The highest BCUT2D eigenvalue weighted by atomic mass is 19.4. The number of anilines is 6. The zero-order chi connectivity index (χ0) is 61.3. The van der Waals surface area contributed by atoms with Crippen molar-refractivity contribution >= 4 is 90.9 Å². The number of fused-ring (bicyclic) bond motifs is 3. The number of alkyl halides is 9. The predicted molar refractivity (Wildman–Crippen MR) is 319 cm³/mol. The summed E-state index contributed by atoms with van der Waals surface area (Å²) in [5, 5.41) is 18.3. The van der Waals surface area contributed by atoms with Crippen molar-refractivity contribution in [3.05, 3.63) is 168 Å². The van der Waals surface area contributed by atoms with Crippen LogP contribution in [0.4, 0.5) is 88.0 Å². The lowest BCUT2D eigenvalue weighted by Gasteiger charge is -2.21. The molecule has 0 bridgehead atoms. The number of carbonyl (C=O) groups excluding carboxylic acids is 3. The van der Waals surface area contributed by atoms with E-state index in [1.807, 2.05) is 24.7 Å². The Bertz CT molecular complexity index is 3710. The van der Waals surface area contributed by atoms with Crippen molar-refractivity contribution < 1.29 is 53.9 Å². The molecule has 0 saturated heterocycles. The van der Waals surface area contributed by atoms with Crippen LogP contribution < -0.4 is 31.9 Å². The zero-order valence-corrected chi connectivity index (χ0v) is 46.7. The molecule has 0 atom stereocenters. The van der Waals surface area contributed by atoms with Gasteiger partial charge in [0, 0.05) is 70.4 Å². The number of nitrogens with zero attached hydrogens (tertiary/aromatic N) is 3. The SMILES string of the molecule is O=C(Nc1ccc(C(F)(F)F)cc1)Nc1c[nH]c2ncc(C3=CCCCC3)cc12.O=C(Nc1ccc(C(F)(F)F)cc1)Nc1c[nH]c2ncc(C3CCCCC3)cc12.O=C(Nc1ccc(C(F)(F)F)cc1)Nc1c[nH]c2ncc(C3CCCCC3)cc12. The van der Waals surface area contributed by atoms with Crippen LogP contribution in [-0.2, 0) is 18.5 Å². The first-order valence-electron chi connectivity index (χ1n) is 28.6. The summed E-state index contributed by atoms with van der Waals surface area (Å²) in [5.74, 6) is 0.980. The van der Waals surface area contributed by atoms with Crippen molar-refractivity contribution in [3.8, 4) is 0 Å². The zero-order valence-electron chi connectivity index (χ0n) is 46.7. The van der Waals surface area contributed by atoms with E-state index >= 15 is 0 Å². The molecule has 0 aliphatic heterocycles. The van der Waals surface area contributed by atoms with Crippen molar-refractivity contribution in [3.63, 3.8) is 0 Å². The Balaban J connectivity index is 0.000000144. The van der Waals surface area contributed by atoms with E-state index in [4.69, 9.17) is 0 Å². The number of amides is 6. The molecule has 3 aliphatic carbocycles. The van der Waals surface area contributed by atoms with Gasteiger partial charge in [0.25, 0.3) is 0 Å². The fraction of sp³-hybridized carbons (Fsp3) is 0.302. The Morgan fingerprint density at radius 1 is 0.414 bits per heavy atom. The minimum atomic E-state index is -4.41. The lowest BCUT2D eigenvalue weighted by Crippen LogP contribution is -2.19. The summed E-state index contributed by atoms with van der Waals surface area (Å²) in [4.78, 5) is 59.4. The normalized spacial score (nSPS) is 15.1. The van der Waals surface area contributed by atoms with Crippen molar-refractivity contribution in [2.75, 3.05) is 31.9 Å². The third kappa shape index (κ3) is 15.8. The van der Waals surface area contributed by atoms with Gasteiger partial charge in [0.05, 0.1) is 33.8 Å². The number of halogens is 9. The molecule has 6 aromatic heterocycles. The maximum Gasteiger partial charge on any atom is 0.416 e. The average Bonchev–Trinajstić information content (AvgIpc) is 2.26. The van der Waals surface area contributed by atoms with Gasteiger partial charge in [-0.25, -0.2) is 29.3 Å². The van der Waals surface area contributed by atoms with Gasteiger partial charge >= 0.3 is 36.6 Å². The molecular weight excluding hydrogens is 1140 g/mol. The fourth-order valence-corrected chi connectivity index (χ4v) is 11.0. The number of benzene rings is 3. The molecule has 0 unspecified atom stereocenters. The maximum absolute atomic E-state index is 12.6. The number of H-pyrrole nitrogens is 3. The molecule has 6 heterocycles. The number of aromatic nitrogens is 6. The number of hydrogen-bond acceptors (Lipinski definition) is 6. The van der Waals surface area contributed by atoms with E-state index in [1.54, 1.807) is 18.6 Å². The number of aromatic amines is 3. The number of hydrogen-bond donors (Lipinski definition) is 9. The summed E-state index contributed by atoms with van der Waals surface area (Å²) >= 11 is 0. The molecule has 0 spiro atoms. The molecule has 87 heavy (non-hydrogen) atoms. The monoisotopic (exact) mass is 1200 g/mol. The van der Waals surface area contributed by atoms with Gasteiger partial charge in [0.1, 0.15) is 16.9 Å². The number of allylic oxidation sites excluding steroid dienone is 2. The van der Waals surface area contributed by atoms with Gasteiger partial charge in [0.2, 0.25) is 0 Å². The second kappa shape index (κ2) is 26.5. The molecule has 454 valence electrons. The van der Waals surface area contributed by atoms with Gasteiger partial charge in [-0.05, 0) is 176 Å². The molecule has 2 fully saturated rings. The van der Waals surface area contributed by atoms with Gasteiger partial charge < -0.3 is 46.9 Å². The van der Waals surface area contributed by atoms with Gasteiger partial charge in [0.15, 0.2) is 0 Å². The third-order valence-corrected chi connectivity index (χ3v) is 15.6. The second-order valence-electron chi connectivity index (χ2n) is 21.7. The van der Waals surface area contributed by atoms with Crippen molar-refractivity contribution in [1.29, 1.82) is 0 Å². The molecule has 3 aliphatic rings. The van der Waals surface area contributed by atoms with Crippen LogP contribution >= 0.6 is 0 Å². The fourth-order valence-electron chi connectivity index (χ4n) is 11.0. The standard InChI is InChI=1S/2C21H21F3N4O.C21H19F3N4O/c3*22-21(23,24)15-6-8-16(9-7-15)27-20(29)28-18-12-26-19-17(18)10-14(11-25-19)13-4-2-1-3-5-13/h2*6-13H,1-5H2,(H,25,26)(H2,27,28,29);4,6-12H,1-3,5H2,(H,25,26)(H2,27,28,29). The smallest absolute Gasteiger partial charge is 0.344 e. The highest BCUT2D eigenvalue weighted by Crippen LogP contribution is 2.38. The van der Waals surface area contributed by atoms with Crippen LogP contribution in [0.5, 0.6) is 0 Å². The van der Waals surface area contributed by atoms with Crippen LogP contribution in [0.25, 0.3) is 38.7 Å². The summed E-state index contributed by atoms with van der Waals surface area (Å²) in [7, 11) is 0. The number of rotatable bonds is 9. The highest BCUT2D eigenvalue weighted by Gasteiger charge is 2.32. The van der Waals surface area contributed by atoms with E-state index in [9.17, 15) is 53.9 Å². The Hall–Kier alpha value is -9.35. The largest absolute Gasteiger partial charge is 0.416 e. The van der Waals surface area contributed by atoms with Crippen molar-refractivity contribution in [2.45, 2.75) is 120 Å². The van der Waals surface area contributed by atoms with Crippen LogP contribution in [0.3, 0.4) is 0 Å². The third-order valence-electron chi connectivity index (χ3n) is 15.6. The average molecular weight is 1210 g/mol. The summed E-state index contributed by atoms with van der Waals surface area (Å²) in [5.41, 5.74) is 6.85. The van der Waals surface area contributed by atoms with Crippen LogP contribution in [0.2, 0.25) is 0 Å². The van der Waals surface area contributed by atoms with E-state index in [2.05, 4.69) is 80.0 Å². The van der Waals surface area contributed by atoms with E-state index < -0.39 is 53.3 Å². The Labute approximate surface area is 492 Å². The lowest BCUT2D eigenvalue weighted by atomic mass is 9.84. The minimum Gasteiger partial charge on any atom is -0.344 e. The first kappa shape index (κ1) is 60.8. The predicted octanol–water partition coefficient (Wildman–Crippen LogP) is 18.7. The van der Waals surface area contributed by atoms with Crippen molar-refractivity contribution in [1.82, 2.24) is 29.9 Å². The molecule has 15 nitrogen and oxygen atoms in total. The Morgan fingerprint density at radius 2 is 0.759 bits per heavy atom. The van der Waals surface area contributed by atoms with Crippen LogP contribution in [0.1, 0.15) is 135 Å². The topological polar surface area (TPSA) is 209 Å². The summed E-state index contributed by atoms with van der Waals surface area (Å²) in [6.45, 7) is 0. The van der Waals surface area contributed by atoms with Crippen LogP contribution in [0.15, 0.2) is 134 Å². The van der Waals surface area contributed by atoms with Gasteiger partial charge in [-0.3, -0.25) is 0 Å². The molecule has 0 radical (unpaired) electrons. The Morgan fingerprint density at radius 3 is 1.09 bits per heavy atom. The molecule has 12 rings (SSSR count).